The van der Waals surface area contributed by atoms with Crippen LogP contribution in [0.15, 0.2) is 41.6 Å². The average molecular weight is 357 g/mol. The number of H-pyrrole nitrogens is 1. The van der Waals surface area contributed by atoms with Gasteiger partial charge in [0, 0.05) is 6.07 Å². The van der Waals surface area contributed by atoms with Gasteiger partial charge in [0.1, 0.15) is 11.5 Å². The fourth-order valence-electron chi connectivity index (χ4n) is 2.40. The number of benzene rings is 2. The Morgan fingerprint density at radius 1 is 1.20 bits per heavy atom. The van der Waals surface area contributed by atoms with Gasteiger partial charge in [-0.3, -0.25) is 4.79 Å². The number of thioether (sulfide) groups is 1. The van der Waals surface area contributed by atoms with Gasteiger partial charge < -0.3 is 19.8 Å². The Balaban J connectivity index is 1.66. The highest BCUT2D eigenvalue weighted by Crippen LogP contribution is 2.29. The molecular formula is C18H19N3O3S. The van der Waals surface area contributed by atoms with Gasteiger partial charge in [0.2, 0.25) is 5.91 Å². The fourth-order valence-corrected chi connectivity index (χ4v) is 3.09. The first-order valence-electron chi connectivity index (χ1n) is 7.70. The first kappa shape index (κ1) is 17.2. The van der Waals surface area contributed by atoms with Crippen molar-refractivity contribution in [2.75, 3.05) is 25.3 Å². The highest BCUT2D eigenvalue weighted by atomic mass is 32.2. The Hall–Kier alpha value is -2.67. The van der Waals surface area contributed by atoms with Gasteiger partial charge in [-0.25, -0.2) is 4.98 Å². The number of carbonyl (C=O) groups is 1. The number of hydrogen-bond acceptors (Lipinski definition) is 5. The molecule has 1 amide bonds. The lowest BCUT2D eigenvalue weighted by molar-refractivity contribution is -0.113. The van der Waals surface area contributed by atoms with Gasteiger partial charge in [0.15, 0.2) is 5.16 Å². The lowest BCUT2D eigenvalue weighted by atomic mass is 10.2. The Morgan fingerprint density at radius 3 is 2.80 bits per heavy atom. The molecule has 0 atom stereocenters. The number of anilines is 1. The minimum Gasteiger partial charge on any atom is -0.497 e. The van der Waals surface area contributed by atoms with E-state index < -0.39 is 0 Å². The number of rotatable bonds is 6. The summed E-state index contributed by atoms with van der Waals surface area (Å²) in [5, 5.41) is 3.56. The lowest BCUT2D eigenvalue weighted by Crippen LogP contribution is -2.14. The quantitative estimate of drug-likeness (QED) is 0.659. The monoisotopic (exact) mass is 357 g/mol. The van der Waals surface area contributed by atoms with Crippen molar-refractivity contribution in [3.8, 4) is 11.5 Å². The topological polar surface area (TPSA) is 76.2 Å². The van der Waals surface area contributed by atoms with E-state index in [1.807, 2.05) is 25.1 Å². The van der Waals surface area contributed by atoms with Crippen molar-refractivity contribution in [3.05, 3.63) is 42.0 Å². The summed E-state index contributed by atoms with van der Waals surface area (Å²) in [4.78, 5) is 20.0. The molecular weight excluding hydrogens is 338 g/mol. The van der Waals surface area contributed by atoms with Crippen LogP contribution in [0.25, 0.3) is 11.0 Å². The van der Waals surface area contributed by atoms with E-state index in [-0.39, 0.29) is 11.7 Å². The molecule has 0 spiro atoms. The zero-order chi connectivity index (χ0) is 17.8. The first-order chi connectivity index (χ1) is 12.1. The Bertz CT molecular complexity index is 908. The van der Waals surface area contributed by atoms with Gasteiger partial charge >= 0.3 is 0 Å². The van der Waals surface area contributed by atoms with Crippen LogP contribution >= 0.6 is 11.8 Å². The van der Waals surface area contributed by atoms with Crippen LogP contribution in [0.1, 0.15) is 5.56 Å². The molecule has 2 N–H and O–H groups in total. The van der Waals surface area contributed by atoms with Crippen molar-refractivity contribution in [2.45, 2.75) is 12.1 Å². The van der Waals surface area contributed by atoms with E-state index >= 15 is 0 Å². The van der Waals surface area contributed by atoms with Gasteiger partial charge in [-0.1, -0.05) is 17.8 Å². The first-order valence-corrected chi connectivity index (χ1v) is 8.68. The number of imidazole rings is 1. The molecule has 1 aromatic heterocycles. The normalized spacial score (nSPS) is 10.7. The van der Waals surface area contributed by atoms with E-state index in [1.54, 1.807) is 32.4 Å². The molecule has 0 bridgehead atoms. The van der Waals surface area contributed by atoms with E-state index in [1.165, 1.54) is 11.8 Å². The third-order valence-electron chi connectivity index (χ3n) is 3.64. The van der Waals surface area contributed by atoms with Crippen LogP contribution in [-0.2, 0) is 4.79 Å². The van der Waals surface area contributed by atoms with Crippen molar-refractivity contribution in [1.29, 1.82) is 0 Å². The number of aromatic nitrogens is 2. The van der Waals surface area contributed by atoms with Crippen molar-refractivity contribution < 1.29 is 14.3 Å². The molecule has 0 aliphatic rings. The number of carbonyl (C=O) groups excluding carboxylic acids is 1. The van der Waals surface area contributed by atoms with Gasteiger partial charge in [-0.15, -0.1) is 0 Å². The molecule has 3 aromatic rings. The van der Waals surface area contributed by atoms with Gasteiger partial charge in [0.25, 0.3) is 0 Å². The van der Waals surface area contributed by atoms with Gasteiger partial charge in [-0.05, 0) is 36.8 Å². The maximum Gasteiger partial charge on any atom is 0.234 e. The minimum absolute atomic E-state index is 0.145. The third kappa shape index (κ3) is 4.06. The maximum atomic E-state index is 12.3. The summed E-state index contributed by atoms with van der Waals surface area (Å²) in [5.74, 6) is 1.32. The molecule has 0 radical (unpaired) electrons. The second-order valence-corrected chi connectivity index (χ2v) is 6.43. The largest absolute Gasteiger partial charge is 0.497 e. The van der Waals surface area contributed by atoms with E-state index in [9.17, 15) is 4.79 Å². The zero-order valence-electron chi connectivity index (χ0n) is 14.3. The molecule has 7 heteroatoms. The van der Waals surface area contributed by atoms with E-state index in [0.29, 0.717) is 22.3 Å². The minimum atomic E-state index is -0.145. The molecule has 1 heterocycles. The van der Waals surface area contributed by atoms with Crippen LogP contribution in [0.2, 0.25) is 0 Å². The molecule has 6 nitrogen and oxygen atoms in total. The number of aromatic amines is 1. The molecule has 0 saturated heterocycles. The van der Waals surface area contributed by atoms with Crippen LogP contribution in [-0.4, -0.2) is 35.8 Å². The highest BCUT2D eigenvalue weighted by Gasteiger charge is 2.11. The second kappa shape index (κ2) is 7.48. The summed E-state index contributed by atoms with van der Waals surface area (Å²) in [6, 6.07) is 11.3. The second-order valence-electron chi connectivity index (χ2n) is 5.47. The molecule has 130 valence electrons. The zero-order valence-corrected chi connectivity index (χ0v) is 15.1. The molecule has 2 aromatic carbocycles. The molecule has 0 aliphatic heterocycles. The maximum absolute atomic E-state index is 12.3. The number of amides is 1. The number of nitrogens with zero attached hydrogens (tertiary/aromatic N) is 1. The summed E-state index contributed by atoms with van der Waals surface area (Å²) >= 11 is 1.35. The Labute approximate surface area is 149 Å². The summed E-state index contributed by atoms with van der Waals surface area (Å²) in [6.45, 7) is 2.03. The Kier molecular flexibility index (Phi) is 5.14. The molecule has 0 aliphatic carbocycles. The average Bonchev–Trinajstić information content (AvgIpc) is 3.02. The fraction of sp³-hybridized carbons (Fsp3) is 0.222. The third-order valence-corrected chi connectivity index (χ3v) is 4.51. The van der Waals surface area contributed by atoms with Crippen LogP contribution < -0.4 is 14.8 Å². The SMILES string of the molecule is COc1ccc(OC)c(NC(=O)CSc2nc3ccc(C)cc3[nH]2)c1. The number of methoxy groups -OCH3 is 2. The van der Waals surface area contributed by atoms with Crippen LogP contribution in [0.3, 0.4) is 0 Å². The standard InChI is InChI=1S/C18H19N3O3S/c1-11-4-6-13-14(8-11)21-18(20-13)25-10-17(22)19-15-9-12(23-2)5-7-16(15)24-3/h4-9H,10H2,1-3H3,(H,19,22)(H,20,21). The molecule has 0 fully saturated rings. The number of ether oxygens (including phenoxy) is 2. The van der Waals surface area contributed by atoms with Crippen LogP contribution in [0, 0.1) is 6.92 Å². The summed E-state index contributed by atoms with van der Waals surface area (Å²) in [7, 11) is 3.13. The van der Waals surface area contributed by atoms with E-state index in [0.717, 1.165) is 16.6 Å². The molecule has 3 rings (SSSR count). The Morgan fingerprint density at radius 2 is 2.04 bits per heavy atom. The predicted octanol–water partition coefficient (Wildman–Crippen LogP) is 3.62. The van der Waals surface area contributed by atoms with Gasteiger partial charge in [0.05, 0.1) is 36.7 Å². The number of fused-ring (bicyclic) bond motifs is 1. The predicted molar refractivity (Wildman–Crippen MR) is 99.7 cm³/mol. The van der Waals surface area contributed by atoms with Crippen molar-refractivity contribution in [3.63, 3.8) is 0 Å². The number of hydrogen-bond donors (Lipinski definition) is 2. The van der Waals surface area contributed by atoms with Crippen molar-refractivity contribution in [2.24, 2.45) is 0 Å². The smallest absolute Gasteiger partial charge is 0.234 e. The van der Waals surface area contributed by atoms with Crippen LogP contribution in [0.4, 0.5) is 5.69 Å². The summed E-state index contributed by atoms with van der Waals surface area (Å²) < 4.78 is 10.4. The van der Waals surface area contributed by atoms with Gasteiger partial charge in [-0.2, -0.15) is 0 Å². The molecule has 25 heavy (non-hydrogen) atoms. The number of aryl methyl sites for hydroxylation is 1. The van der Waals surface area contributed by atoms with Crippen LogP contribution in [0.5, 0.6) is 11.5 Å². The van der Waals surface area contributed by atoms with Crippen molar-refractivity contribution in [1.82, 2.24) is 9.97 Å². The number of nitrogens with one attached hydrogen (secondary N) is 2. The molecule has 0 saturated carbocycles. The van der Waals surface area contributed by atoms with E-state index in [2.05, 4.69) is 15.3 Å². The summed E-state index contributed by atoms with van der Waals surface area (Å²) in [5.41, 5.74) is 3.60. The van der Waals surface area contributed by atoms with Crippen molar-refractivity contribution >= 4 is 34.4 Å². The van der Waals surface area contributed by atoms with E-state index in [4.69, 9.17) is 9.47 Å². The summed E-state index contributed by atoms with van der Waals surface area (Å²) in [6.07, 6.45) is 0. The highest BCUT2D eigenvalue weighted by molar-refractivity contribution is 7.99. The molecule has 0 unspecified atom stereocenters. The lowest BCUT2D eigenvalue weighted by Gasteiger charge is -2.11.